The highest BCUT2D eigenvalue weighted by atomic mass is 35.5. The summed E-state index contributed by atoms with van der Waals surface area (Å²) in [6.45, 7) is 3.97. The van der Waals surface area contributed by atoms with Crippen molar-refractivity contribution < 1.29 is 0 Å². The molecular formula is C7H11ClN2. The van der Waals surface area contributed by atoms with Crippen LogP contribution in [-0.2, 0) is 7.05 Å². The van der Waals surface area contributed by atoms with Crippen molar-refractivity contribution in [2.45, 2.75) is 19.2 Å². The number of aromatic nitrogens is 2. The lowest BCUT2D eigenvalue weighted by Gasteiger charge is -2.03. The van der Waals surface area contributed by atoms with Gasteiger partial charge in [0.25, 0.3) is 0 Å². The lowest BCUT2D eigenvalue weighted by atomic mass is 10.2. The molecular weight excluding hydrogens is 148 g/mol. The Labute approximate surface area is 65.8 Å². The molecule has 0 spiro atoms. The van der Waals surface area contributed by atoms with E-state index >= 15 is 0 Å². The minimum Gasteiger partial charge on any atom is -0.271 e. The fourth-order valence-electron chi connectivity index (χ4n) is 1.13. The van der Waals surface area contributed by atoms with E-state index in [0.29, 0.717) is 0 Å². The number of hydrogen-bond acceptors (Lipinski definition) is 1. The Bertz CT molecular complexity index is 208. The first kappa shape index (κ1) is 7.61. The van der Waals surface area contributed by atoms with Crippen LogP contribution in [0.1, 0.15) is 23.6 Å². The van der Waals surface area contributed by atoms with Crippen LogP contribution in [0.4, 0.5) is 0 Å². The van der Waals surface area contributed by atoms with Crippen molar-refractivity contribution >= 4 is 11.6 Å². The Morgan fingerprint density at radius 1 is 1.70 bits per heavy atom. The van der Waals surface area contributed by atoms with Gasteiger partial charge in [-0.15, -0.1) is 11.6 Å². The van der Waals surface area contributed by atoms with Crippen LogP contribution in [0.3, 0.4) is 0 Å². The zero-order valence-electron chi connectivity index (χ0n) is 6.43. The molecule has 0 N–H and O–H groups in total. The number of aryl methyl sites for hydroxylation is 2. The summed E-state index contributed by atoms with van der Waals surface area (Å²) in [7, 11) is 1.90. The molecule has 0 aliphatic heterocycles. The molecule has 10 heavy (non-hydrogen) atoms. The van der Waals surface area contributed by atoms with Gasteiger partial charge in [-0.05, 0) is 19.4 Å². The fraction of sp³-hybridized carbons (Fsp3) is 0.571. The second kappa shape index (κ2) is 2.62. The van der Waals surface area contributed by atoms with Crippen LogP contribution in [0.5, 0.6) is 0 Å². The monoisotopic (exact) mass is 158 g/mol. The van der Waals surface area contributed by atoms with Crippen molar-refractivity contribution in [2.75, 3.05) is 0 Å². The number of alkyl halides is 1. The number of nitrogens with zero attached hydrogens (tertiary/aromatic N) is 2. The summed E-state index contributed by atoms with van der Waals surface area (Å²) in [6, 6.07) is 0. The van der Waals surface area contributed by atoms with E-state index < -0.39 is 0 Å². The summed E-state index contributed by atoms with van der Waals surface area (Å²) in [5, 5.41) is 4.12. The SMILES string of the molecule is Cc1cnn(C)c1C(C)Cl. The van der Waals surface area contributed by atoms with Crippen molar-refractivity contribution in [1.82, 2.24) is 9.78 Å². The molecule has 0 saturated heterocycles. The van der Waals surface area contributed by atoms with Crippen LogP contribution in [-0.4, -0.2) is 9.78 Å². The van der Waals surface area contributed by atoms with Crippen LogP contribution < -0.4 is 0 Å². The van der Waals surface area contributed by atoms with E-state index in [0.717, 1.165) is 11.3 Å². The van der Waals surface area contributed by atoms with Gasteiger partial charge < -0.3 is 0 Å². The molecule has 0 saturated carbocycles. The Morgan fingerprint density at radius 3 is 2.50 bits per heavy atom. The summed E-state index contributed by atoms with van der Waals surface area (Å²) >= 11 is 5.89. The molecule has 0 aliphatic rings. The molecule has 0 fully saturated rings. The van der Waals surface area contributed by atoms with E-state index in [-0.39, 0.29) is 5.38 Å². The third kappa shape index (κ3) is 1.16. The summed E-state index contributed by atoms with van der Waals surface area (Å²) in [4.78, 5) is 0. The minimum atomic E-state index is 0.0486. The van der Waals surface area contributed by atoms with Crippen molar-refractivity contribution in [3.63, 3.8) is 0 Å². The third-order valence-electron chi connectivity index (χ3n) is 1.55. The minimum absolute atomic E-state index is 0.0486. The van der Waals surface area contributed by atoms with Gasteiger partial charge in [0.2, 0.25) is 0 Å². The quantitative estimate of drug-likeness (QED) is 0.572. The molecule has 0 bridgehead atoms. The van der Waals surface area contributed by atoms with Gasteiger partial charge in [-0.1, -0.05) is 0 Å². The molecule has 1 atom stereocenters. The van der Waals surface area contributed by atoms with Gasteiger partial charge in [-0.25, -0.2) is 0 Å². The van der Waals surface area contributed by atoms with Crippen LogP contribution in [0.25, 0.3) is 0 Å². The molecule has 56 valence electrons. The second-order valence-electron chi connectivity index (χ2n) is 2.45. The van der Waals surface area contributed by atoms with Crippen LogP contribution in [0.2, 0.25) is 0 Å². The smallest absolute Gasteiger partial charge is 0.0728 e. The van der Waals surface area contributed by atoms with Crippen molar-refractivity contribution in [2.24, 2.45) is 7.05 Å². The standard InChI is InChI=1S/C7H11ClN2/c1-5-4-9-10(3)7(5)6(2)8/h4,6H,1-3H3. The van der Waals surface area contributed by atoms with Crippen molar-refractivity contribution in [1.29, 1.82) is 0 Å². The highest BCUT2D eigenvalue weighted by molar-refractivity contribution is 6.20. The van der Waals surface area contributed by atoms with Crippen molar-refractivity contribution in [3.8, 4) is 0 Å². The third-order valence-corrected chi connectivity index (χ3v) is 1.76. The van der Waals surface area contributed by atoms with Gasteiger partial charge in [0.1, 0.15) is 0 Å². The molecule has 0 aromatic carbocycles. The molecule has 2 nitrogen and oxygen atoms in total. The Morgan fingerprint density at radius 2 is 2.30 bits per heavy atom. The first-order valence-electron chi connectivity index (χ1n) is 3.25. The van der Waals surface area contributed by atoms with Gasteiger partial charge in [0, 0.05) is 7.05 Å². The zero-order chi connectivity index (χ0) is 7.72. The van der Waals surface area contributed by atoms with E-state index in [1.807, 2.05) is 31.8 Å². The molecule has 1 rings (SSSR count). The van der Waals surface area contributed by atoms with Gasteiger partial charge in [-0.3, -0.25) is 4.68 Å². The Kier molecular flexibility index (Phi) is 2.00. The molecule has 0 amide bonds. The number of halogens is 1. The average molecular weight is 159 g/mol. The maximum absolute atomic E-state index is 5.89. The van der Waals surface area contributed by atoms with Crippen molar-refractivity contribution in [3.05, 3.63) is 17.5 Å². The second-order valence-corrected chi connectivity index (χ2v) is 3.11. The molecule has 1 unspecified atom stereocenters. The molecule has 1 aromatic rings. The van der Waals surface area contributed by atoms with Gasteiger partial charge in [0.15, 0.2) is 0 Å². The molecule has 1 aromatic heterocycles. The summed E-state index contributed by atoms with van der Waals surface area (Å²) < 4.78 is 1.81. The Hall–Kier alpha value is -0.500. The number of rotatable bonds is 1. The highest BCUT2D eigenvalue weighted by Crippen LogP contribution is 2.21. The van der Waals surface area contributed by atoms with Crippen LogP contribution in [0.15, 0.2) is 6.20 Å². The normalized spacial score (nSPS) is 13.6. The largest absolute Gasteiger partial charge is 0.271 e. The average Bonchev–Trinajstić information content (AvgIpc) is 2.11. The molecule has 1 heterocycles. The molecule has 0 aliphatic carbocycles. The van der Waals surface area contributed by atoms with Crippen LogP contribution in [0, 0.1) is 6.92 Å². The maximum Gasteiger partial charge on any atom is 0.0728 e. The zero-order valence-corrected chi connectivity index (χ0v) is 7.18. The van der Waals surface area contributed by atoms with Gasteiger partial charge in [0.05, 0.1) is 17.3 Å². The summed E-state index contributed by atoms with van der Waals surface area (Å²) in [5.41, 5.74) is 2.26. The highest BCUT2D eigenvalue weighted by Gasteiger charge is 2.08. The maximum atomic E-state index is 5.89. The van der Waals surface area contributed by atoms with Gasteiger partial charge >= 0.3 is 0 Å². The van der Waals surface area contributed by atoms with Crippen LogP contribution >= 0.6 is 11.6 Å². The van der Waals surface area contributed by atoms with E-state index in [1.54, 1.807) is 0 Å². The lowest BCUT2D eigenvalue weighted by molar-refractivity contribution is 0.709. The first-order valence-corrected chi connectivity index (χ1v) is 3.69. The molecule has 0 radical (unpaired) electrons. The van der Waals surface area contributed by atoms with E-state index in [4.69, 9.17) is 11.6 Å². The lowest BCUT2D eigenvalue weighted by Crippen LogP contribution is -1.99. The van der Waals surface area contributed by atoms with E-state index in [9.17, 15) is 0 Å². The first-order chi connectivity index (χ1) is 4.63. The molecule has 3 heteroatoms. The summed E-state index contributed by atoms with van der Waals surface area (Å²) in [5.74, 6) is 0. The Balaban J connectivity index is 3.10. The fourth-order valence-corrected chi connectivity index (χ4v) is 1.44. The predicted octanol–water partition coefficient (Wildman–Crippen LogP) is 2.03. The topological polar surface area (TPSA) is 17.8 Å². The van der Waals surface area contributed by atoms with E-state index in [2.05, 4.69) is 5.10 Å². The number of hydrogen-bond donors (Lipinski definition) is 0. The van der Waals surface area contributed by atoms with Gasteiger partial charge in [-0.2, -0.15) is 5.10 Å². The van der Waals surface area contributed by atoms with E-state index in [1.165, 1.54) is 0 Å². The predicted molar refractivity (Wildman–Crippen MR) is 42.2 cm³/mol. The summed E-state index contributed by atoms with van der Waals surface area (Å²) in [6.07, 6.45) is 1.83.